The highest BCUT2D eigenvalue weighted by Crippen LogP contribution is 2.23. The average Bonchev–Trinajstić information content (AvgIpc) is 3.02. The minimum absolute atomic E-state index is 0.0629. The van der Waals surface area contributed by atoms with Gasteiger partial charge in [-0.2, -0.15) is 0 Å². The van der Waals surface area contributed by atoms with Gasteiger partial charge in [0.15, 0.2) is 5.78 Å². The first-order chi connectivity index (χ1) is 20.8. The summed E-state index contributed by atoms with van der Waals surface area (Å²) in [4.78, 5) is 47.6. The van der Waals surface area contributed by atoms with Crippen LogP contribution in [0.4, 0.5) is 0 Å². The molecular formula is C34H34O9. The van der Waals surface area contributed by atoms with Gasteiger partial charge < -0.3 is 23.7 Å². The van der Waals surface area contributed by atoms with Gasteiger partial charge in [0, 0.05) is 37.0 Å². The molecule has 0 aliphatic rings. The van der Waals surface area contributed by atoms with Crippen molar-refractivity contribution in [2.75, 3.05) is 26.4 Å². The summed E-state index contributed by atoms with van der Waals surface area (Å²) in [5.41, 5.74) is 2.41. The quantitative estimate of drug-likeness (QED) is 0.0652. The van der Waals surface area contributed by atoms with Crippen molar-refractivity contribution in [2.45, 2.75) is 26.2 Å². The van der Waals surface area contributed by atoms with Gasteiger partial charge in [-0.25, -0.2) is 14.4 Å². The molecule has 0 saturated carbocycles. The molecule has 0 aliphatic carbocycles. The molecule has 0 atom stereocenters. The van der Waals surface area contributed by atoms with Gasteiger partial charge in [-0.05, 0) is 72.6 Å². The lowest BCUT2D eigenvalue weighted by Gasteiger charge is -2.11. The zero-order valence-corrected chi connectivity index (χ0v) is 24.0. The molecule has 0 amide bonds. The van der Waals surface area contributed by atoms with Gasteiger partial charge in [0.2, 0.25) is 0 Å². The number of Topliss-reactive ketones (excluding diaryl/α,β-unsaturated/α-hetero) is 1. The van der Waals surface area contributed by atoms with Gasteiger partial charge in [0.05, 0.1) is 32.0 Å². The average molecular weight is 587 g/mol. The Bertz CT molecular complexity index is 1420. The number of carbonyl (C=O) groups excluding carboxylic acids is 4. The van der Waals surface area contributed by atoms with Crippen molar-refractivity contribution >= 4 is 23.7 Å². The Morgan fingerprint density at radius 1 is 0.674 bits per heavy atom. The Hall–Kier alpha value is -5.18. The molecule has 0 fully saturated rings. The number of ketones is 1. The van der Waals surface area contributed by atoms with E-state index in [4.69, 9.17) is 23.7 Å². The number of esters is 3. The Morgan fingerprint density at radius 3 is 1.67 bits per heavy atom. The Kier molecular flexibility index (Phi) is 12.7. The van der Waals surface area contributed by atoms with Gasteiger partial charge in [0.25, 0.3) is 0 Å². The highest BCUT2D eigenvalue weighted by Gasteiger charge is 2.13. The van der Waals surface area contributed by atoms with Crippen molar-refractivity contribution in [3.63, 3.8) is 0 Å². The van der Waals surface area contributed by atoms with Crippen LogP contribution in [-0.2, 0) is 25.5 Å². The number of rotatable bonds is 17. The lowest BCUT2D eigenvalue weighted by Crippen LogP contribution is -2.10. The van der Waals surface area contributed by atoms with Crippen LogP contribution in [0.1, 0.15) is 44.7 Å². The van der Waals surface area contributed by atoms with E-state index < -0.39 is 17.9 Å². The topological polar surface area (TPSA) is 114 Å². The summed E-state index contributed by atoms with van der Waals surface area (Å²) in [5, 5.41) is 0. The number of carbonyl (C=O) groups is 4. The standard InChI is InChI=1S/C34H34O9/c1-4-32(36)41-20-6-18-39-28-13-9-26(10-14-28)30(35)23-25-8-17-31(24(3)22-25)43-34(38)27-11-15-29(16-12-27)40-19-7-21-42-33(37)5-2/h4-5,8-17,22H,1-2,6-7,18-21,23H2,3H3. The summed E-state index contributed by atoms with van der Waals surface area (Å²) in [6.07, 6.45) is 3.45. The molecule has 9 heteroatoms. The SMILES string of the molecule is C=CC(=O)OCCCOc1ccc(C(=O)Cc2ccc(OC(=O)c3ccc(OCCCOC(=O)C=C)cc3)c(C)c2)cc1. The molecular weight excluding hydrogens is 552 g/mol. The maximum atomic E-state index is 12.8. The Morgan fingerprint density at radius 2 is 1.19 bits per heavy atom. The fraction of sp³-hybridized carbons (Fsp3) is 0.235. The van der Waals surface area contributed by atoms with E-state index in [0.29, 0.717) is 54.4 Å². The Balaban J connectivity index is 1.45. The summed E-state index contributed by atoms with van der Waals surface area (Å²) in [5.74, 6) is 0.0532. The molecule has 224 valence electrons. The largest absolute Gasteiger partial charge is 0.493 e. The summed E-state index contributed by atoms with van der Waals surface area (Å²) < 4.78 is 26.6. The third kappa shape index (κ3) is 11.0. The third-order valence-corrected chi connectivity index (χ3v) is 6.01. The fourth-order valence-corrected chi connectivity index (χ4v) is 3.77. The van der Waals surface area contributed by atoms with Crippen LogP contribution in [0.25, 0.3) is 0 Å². The summed E-state index contributed by atoms with van der Waals surface area (Å²) >= 11 is 0. The summed E-state index contributed by atoms with van der Waals surface area (Å²) in [6.45, 7) is 9.66. The molecule has 0 radical (unpaired) electrons. The van der Waals surface area contributed by atoms with Crippen LogP contribution in [0.3, 0.4) is 0 Å². The van der Waals surface area contributed by atoms with Gasteiger partial charge in [0.1, 0.15) is 17.2 Å². The van der Waals surface area contributed by atoms with Crippen molar-refractivity contribution in [3.8, 4) is 17.2 Å². The van der Waals surface area contributed by atoms with Gasteiger partial charge in [-0.15, -0.1) is 0 Å². The molecule has 0 unspecified atom stereocenters. The Labute approximate surface area is 250 Å². The van der Waals surface area contributed by atoms with Crippen molar-refractivity contribution < 1.29 is 42.9 Å². The van der Waals surface area contributed by atoms with Crippen LogP contribution in [0.2, 0.25) is 0 Å². The molecule has 3 aromatic carbocycles. The zero-order chi connectivity index (χ0) is 31.0. The number of hydrogen-bond donors (Lipinski definition) is 0. The molecule has 0 aromatic heterocycles. The van der Waals surface area contributed by atoms with Crippen LogP contribution in [-0.4, -0.2) is 50.1 Å². The third-order valence-electron chi connectivity index (χ3n) is 6.01. The minimum Gasteiger partial charge on any atom is -0.493 e. The molecule has 9 nitrogen and oxygen atoms in total. The first-order valence-electron chi connectivity index (χ1n) is 13.7. The highest BCUT2D eigenvalue weighted by atomic mass is 16.5. The molecule has 0 spiro atoms. The van der Waals surface area contributed by atoms with Crippen molar-refractivity contribution in [1.82, 2.24) is 0 Å². The lowest BCUT2D eigenvalue weighted by atomic mass is 10.0. The molecule has 0 aliphatic heterocycles. The van der Waals surface area contributed by atoms with Crippen molar-refractivity contribution in [1.29, 1.82) is 0 Å². The van der Waals surface area contributed by atoms with Crippen molar-refractivity contribution in [3.05, 3.63) is 114 Å². The minimum atomic E-state index is -0.519. The van der Waals surface area contributed by atoms with Crippen LogP contribution in [0, 0.1) is 6.92 Å². The first-order valence-corrected chi connectivity index (χ1v) is 13.7. The van der Waals surface area contributed by atoms with Crippen LogP contribution in [0.5, 0.6) is 17.2 Å². The molecule has 43 heavy (non-hydrogen) atoms. The smallest absolute Gasteiger partial charge is 0.343 e. The fourth-order valence-electron chi connectivity index (χ4n) is 3.77. The maximum Gasteiger partial charge on any atom is 0.343 e. The van der Waals surface area contributed by atoms with E-state index in [1.165, 1.54) is 0 Å². The van der Waals surface area contributed by atoms with E-state index in [1.54, 1.807) is 60.7 Å². The molecule has 0 N–H and O–H groups in total. The first kappa shape index (κ1) is 32.3. The van der Waals surface area contributed by atoms with Crippen LogP contribution >= 0.6 is 0 Å². The molecule has 0 saturated heterocycles. The number of ether oxygens (including phenoxy) is 5. The van der Waals surface area contributed by atoms with Crippen LogP contribution in [0.15, 0.2) is 92.0 Å². The van der Waals surface area contributed by atoms with E-state index in [1.807, 2.05) is 13.0 Å². The number of benzene rings is 3. The van der Waals surface area contributed by atoms with E-state index in [2.05, 4.69) is 13.2 Å². The predicted molar refractivity (Wildman–Crippen MR) is 160 cm³/mol. The van der Waals surface area contributed by atoms with Crippen molar-refractivity contribution in [2.24, 2.45) is 0 Å². The highest BCUT2D eigenvalue weighted by molar-refractivity contribution is 5.97. The van der Waals surface area contributed by atoms with E-state index in [-0.39, 0.29) is 25.4 Å². The second-order valence-corrected chi connectivity index (χ2v) is 9.29. The summed E-state index contributed by atoms with van der Waals surface area (Å²) in [7, 11) is 0. The van der Waals surface area contributed by atoms with Gasteiger partial charge in [-0.3, -0.25) is 4.79 Å². The van der Waals surface area contributed by atoms with Gasteiger partial charge >= 0.3 is 17.9 Å². The normalized spacial score (nSPS) is 10.3. The second kappa shape index (κ2) is 16.9. The molecule has 3 aromatic rings. The van der Waals surface area contributed by atoms with Crippen LogP contribution < -0.4 is 14.2 Å². The van der Waals surface area contributed by atoms with E-state index in [0.717, 1.165) is 23.3 Å². The number of hydrogen-bond acceptors (Lipinski definition) is 9. The van der Waals surface area contributed by atoms with E-state index >= 15 is 0 Å². The summed E-state index contributed by atoms with van der Waals surface area (Å²) in [6, 6.07) is 18.6. The zero-order valence-electron chi connectivity index (χ0n) is 24.0. The molecule has 0 bridgehead atoms. The molecule has 3 rings (SSSR count). The number of aryl methyl sites for hydroxylation is 1. The maximum absolute atomic E-state index is 12.8. The lowest BCUT2D eigenvalue weighted by molar-refractivity contribution is -0.138. The second-order valence-electron chi connectivity index (χ2n) is 9.29. The van der Waals surface area contributed by atoms with E-state index in [9.17, 15) is 19.2 Å². The predicted octanol–water partition coefficient (Wildman–Crippen LogP) is 5.64. The molecule has 0 heterocycles. The monoisotopic (exact) mass is 586 g/mol. The van der Waals surface area contributed by atoms with Gasteiger partial charge in [-0.1, -0.05) is 25.3 Å².